The Kier molecular flexibility index (Phi) is 5.53. The van der Waals surface area contributed by atoms with Gasteiger partial charge in [0.15, 0.2) is 5.69 Å². The molecule has 1 atom stereocenters. The third kappa shape index (κ3) is 3.73. The van der Waals surface area contributed by atoms with Gasteiger partial charge in [-0.3, -0.25) is 9.59 Å². The van der Waals surface area contributed by atoms with Crippen molar-refractivity contribution in [2.75, 3.05) is 13.7 Å². The molecule has 30 heavy (non-hydrogen) atoms. The van der Waals surface area contributed by atoms with Gasteiger partial charge in [-0.15, -0.1) is 0 Å². The first kappa shape index (κ1) is 21.7. The number of primary amides is 1. The fraction of sp³-hybridized carbons (Fsp3) is 0.450. The quantitative estimate of drug-likeness (QED) is 0.772. The summed E-state index contributed by atoms with van der Waals surface area (Å²) in [4.78, 5) is 26.4. The van der Waals surface area contributed by atoms with Crippen LogP contribution in [0.15, 0.2) is 24.3 Å². The van der Waals surface area contributed by atoms with Gasteiger partial charge in [-0.05, 0) is 44.0 Å². The van der Waals surface area contributed by atoms with Crippen LogP contribution in [0.25, 0.3) is 5.69 Å². The molecule has 2 amide bonds. The molecule has 3 rings (SSSR count). The Balaban J connectivity index is 2.15. The predicted molar refractivity (Wildman–Crippen MR) is 102 cm³/mol. The molecule has 162 valence electrons. The molecule has 7 nitrogen and oxygen atoms in total. The Labute approximate surface area is 171 Å². The number of amides is 2. The van der Waals surface area contributed by atoms with Gasteiger partial charge in [0.25, 0.3) is 5.91 Å². The lowest BCUT2D eigenvalue weighted by Gasteiger charge is -2.42. The molecule has 10 heteroatoms. The minimum absolute atomic E-state index is 0.0274. The number of halogens is 3. The van der Waals surface area contributed by atoms with Gasteiger partial charge in [-0.25, -0.2) is 4.68 Å². The number of hydrogen-bond donors (Lipinski definition) is 1. The van der Waals surface area contributed by atoms with Crippen molar-refractivity contribution < 1.29 is 27.5 Å². The second-order valence-electron chi connectivity index (χ2n) is 7.48. The number of rotatable bonds is 6. The molecule has 1 aliphatic heterocycles. The number of nitrogens with two attached hydrogens (primary N) is 1. The van der Waals surface area contributed by atoms with Crippen molar-refractivity contribution >= 4 is 11.8 Å². The summed E-state index contributed by atoms with van der Waals surface area (Å²) in [5, 5.41) is 3.75. The molecule has 1 aliphatic rings. The van der Waals surface area contributed by atoms with Crippen LogP contribution in [0.3, 0.4) is 0 Å². The van der Waals surface area contributed by atoms with E-state index in [0.29, 0.717) is 17.9 Å². The second-order valence-corrected chi connectivity index (χ2v) is 7.48. The van der Waals surface area contributed by atoms with Crippen molar-refractivity contribution in [3.8, 4) is 11.4 Å². The smallest absolute Gasteiger partial charge is 0.435 e. The Morgan fingerprint density at radius 1 is 1.27 bits per heavy atom. The number of nitrogens with zero attached hydrogens (tertiary/aromatic N) is 3. The van der Waals surface area contributed by atoms with E-state index in [0.717, 1.165) is 4.68 Å². The lowest BCUT2D eigenvalue weighted by Crippen LogP contribution is -2.54. The summed E-state index contributed by atoms with van der Waals surface area (Å²) in [6.45, 7) is 3.55. The number of methoxy groups -OCH3 is 1. The van der Waals surface area contributed by atoms with Gasteiger partial charge in [0.1, 0.15) is 11.4 Å². The normalized spacial score (nSPS) is 16.2. The number of alkyl halides is 3. The van der Waals surface area contributed by atoms with E-state index in [-0.39, 0.29) is 30.6 Å². The zero-order valence-corrected chi connectivity index (χ0v) is 16.9. The van der Waals surface area contributed by atoms with E-state index in [1.807, 2.05) is 0 Å². The predicted octanol–water partition coefficient (Wildman–Crippen LogP) is 2.94. The minimum Gasteiger partial charge on any atom is -0.497 e. The summed E-state index contributed by atoms with van der Waals surface area (Å²) in [6.07, 6.45) is -4.40. The second kappa shape index (κ2) is 7.66. The molecule has 2 aromatic rings. The van der Waals surface area contributed by atoms with Crippen molar-refractivity contribution in [3.05, 3.63) is 41.2 Å². The summed E-state index contributed by atoms with van der Waals surface area (Å²) in [6, 6.07) is 6.21. The van der Waals surface area contributed by atoms with Gasteiger partial charge < -0.3 is 15.4 Å². The van der Waals surface area contributed by atoms with Gasteiger partial charge in [0.2, 0.25) is 5.91 Å². The van der Waals surface area contributed by atoms with E-state index < -0.39 is 29.2 Å². The van der Waals surface area contributed by atoms with E-state index in [1.54, 1.807) is 26.0 Å². The zero-order valence-electron chi connectivity index (χ0n) is 16.9. The topological polar surface area (TPSA) is 90.5 Å². The Hall–Kier alpha value is -3.04. The summed E-state index contributed by atoms with van der Waals surface area (Å²) in [5.74, 6) is -0.679. The maximum Gasteiger partial charge on any atom is 0.435 e. The molecular formula is C20H23F3N4O3. The van der Waals surface area contributed by atoms with Crippen LogP contribution in [0, 0.1) is 0 Å². The van der Waals surface area contributed by atoms with Crippen LogP contribution in [0.1, 0.15) is 48.4 Å². The number of fused-ring (bicyclic) bond motifs is 1. The number of hydrogen-bond acceptors (Lipinski definition) is 4. The summed E-state index contributed by atoms with van der Waals surface area (Å²) >= 11 is 0. The molecule has 0 radical (unpaired) electrons. The standard InChI is InChI=1S/C20H23F3N4O3/c1-4-19(2,11-15(24)28)26-10-9-14-16(18(26)29)27(25-17(14)20(21,22)23)12-5-7-13(30-3)8-6-12/h5-8H,4,9-11H2,1-3H3,(H2,24,28). The van der Waals surface area contributed by atoms with E-state index in [4.69, 9.17) is 10.5 Å². The van der Waals surface area contributed by atoms with Crippen LogP contribution in [-0.4, -0.2) is 45.7 Å². The van der Waals surface area contributed by atoms with Crippen molar-refractivity contribution in [2.24, 2.45) is 5.73 Å². The average Bonchev–Trinajstić information content (AvgIpc) is 3.08. The lowest BCUT2D eigenvalue weighted by molar-refractivity contribution is -0.142. The van der Waals surface area contributed by atoms with Crippen LogP contribution < -0.4 is 10.5 Å². The molecule has 0 aliphatic carbocycles. The zero-order chi connectivity index (χ0) is 22.3. The van der Waals surface area contributed by atoms with Crippen LogP contribution in [-0.2, 0) is 17.4 Å². The van der Waals surface area contributed by atoms with Gasteiger partial charge >= 0.3 is 6.18 Å². The van der Waals surface area contributed by atoms with Gasteiger partial charge in [-0.1, -0.05) is 6.92 Å². The first-order valence-electron chi connectivity index (χ1n) is 9.45. The van der Waals surface area contributed by atoms with Crippen molar-refractivity contribution in [1.29, 1.82) is 0 Å². The molecule has 2 heterocycles. The van der Waals surface area contributed by atoms with Crippen LogP contribution >= 0.6 is 0 Å². The van der Waals surface area contributed by atoms with E-state index in [9.17, 15) is 22.8 Å². The average molecular weight is 424 g/mol. The fourth-order valence-corrected chi connectivity index (χ4v) is 3.80. The molecule has 0 spiro atoms. The number of aromatic nitrogens is 2. The number of carbonyl (C=O) groups excluding carboxylic acids is 2. The summed E-state index contributed by atoms with van der Waals surface area (Å²) in [5.41, 5.74) is 3.38. The van der Waals surface area contributed by atoms with E-state index in [2.05, 4.69) is 5.10 Å². The lowest BCUT2D eigenvalue weighted by atomic mass is 9.88. The minimum atomic E-state index is -4.70. The van der Waals surface area contributed by atoms with E-state index >= 15 is 0 Å². The largest absolute Gasteiger partial charge is 0.497 e. The molecule has 0 bridgehead atoms. The monoisotopic (exact) mass is 424 g/mol. The number of benzene rings is 1. The molecule has 1 aromatic carbocycles. The molecule has 1 aromatic heterocycles. The number of ether oxygens (including phenoxy) is 1. The highest BCUT2D eigenvalue weighted by molar-refractivity contribution is 5.97. The first-order chi connectivity index (χ1) is 14.0. The fourth-order valence-electron chi connectivity index (χ4n) is 3.80. The summed E-state index contributed by atoms with van der Waals surface area (Å²) in [7, 11) is 1.47. The summed E-state index contributed by atoms with van der Waals surface area (Å²) < 4.78 is 47.0. The van der Waals surface area contributed by atoms with Gasteiger partial charge in [-0.2, -0.15) is 18.3 Å². The third-order valence-corrected chi connectivity index (χ3v) is 5.57. The molecule has 0 fully saturated rings. The van der Waals surface area contributed by atoms with Crippen molar-refractivity contribution in [2.45, 2.75) is 44.8 Å². The molecule has 1 unspecified atom stereocenters. The van der Waals surface area contributed by atoms with Crippen LogP contribution in [0.2, 0.25) is 0 Å². The number of carbonyl (C=O) groups is 2. The highest BCUT2D eigenvalue weighted by atomic mass is 19.4. The van der Waals surface area contributed by atoms with Crippen LogP contribution in [0.5, 0.6) is 5.75 Å². The highest BCUT2D eigenvalue weighted by Gasteiger charge is 2.46. The third-order valence-electron chi connectivity index (χ3n) is 5.57. The van der Waals surface area contributed by atoms with Crippen molar-refractivity contribution in [1.82, 2.24) is 14.7 Å². The van der Waals surface area contributed by atoms with E-state index in [1.165, 1.54) is 24.1 Å². The van der Waals surface area contributed by atoms with Crippen LogP contribution in [0.4, 0.5) is 13.2 Å². The Morgan fingerprint density at radius 2 is 1.90 bits per heavy atom. The maximum absolute atomic E-state index is 13.6. The SMILES string of the molecule is CCC(C)(CC(N)=O)N1CCc2c(C(F)(F)F)nn(-c3ccc(OC)cc3)c2C1=O. The molecule has 0 saturated carbocycles. The molecular weight excluding hydrogens is 401 g/mol. The van der Waals surface area contributed by atoms with Crippen molar-refractivity contribution in [3.63, 3.8) is 0 Å². The Bertz CT molecular complexity index is 969. The Morgan fingerprint density at radius 3 is 2.40 bits per heavy atom. The molecule has 2 N–H and O–H groups in total. The first-order valence-corrected chi connectivity index (χ1v) is 9.45. The molecule has 0 saturated heterocycles. The van der Waals surface area contributed by atoms with Gasteiger partial charge in [0, 0.05) is 24.1 Å². The van der Waals surface area contributed by atoms with Gasteiger partial charge in [0.05, 0.1) is 12.8 Å². The highest BCUT2D eigenvalue weighted by Crippen LogP contribution is 2.38. The maximum atomic E-state index is 13.6.